The highest BCUT2D eigenvalue weighted by atomic mass is 16.2. The number of anilines is 2. The summed E-state index contributed by atoms with van der Waals surface area (Å²) in [5, 5.41) is 6.20. The van der Waals surface area contributed by atoms with Crippen molar-refractivity contribution in [2.45, 2.75) is 25.9 Å². The summed E-state index contributed by atoms with van der Waals surface area (Å²) < 4.78 is 0. The minimum absolute atomic E-state index is 0.00739. The van der Waals surface area contributed by atoms with Crippen LogP contribution in [-0.2, 0) is 4.79 Å². The van der Waals surface area contributed by atoms with Crippen molar-refractivity contribution in [1.29, 1.82) is 0 Å². The number of pyridine rings is 1. The van der Waals surface area contributed by atoms with E-state index in [0.29, 0.717) is 42.9 Å². The van der Waals surface area contributed by atoms with E-state index in [1.165, 1.54) is 0 Å². The first-order valence-corrected chi connectivity index (χ1v) is 10.0. The van der Waals surface area contributed by atoms with E-state index in [0.717, 1.165) is 5.56 Å². The van der Waals surface area contributed by atoms with Gasteiger partial charge in [-0.2, -0.15) is 0 Å². The van der Waals surface area contributed by atoms with Crippen molar-refractivity contribution < 1.29 is 4.79 Å². The zero-order chi connectivity index (χ0) is 21.7. The number of hydrogen-bond acceptors (Lipinski definition) is 7. The first-order valence-electron chi connectivity index (χ1n) is 10.0. The van der Waals surface area contributed by atoms with Gasteiger partial charge in [0.1, 0.15) is 11.5 Å². The second kappa shape index (κ2) is 9.53. The second-order valence-electron chi connectivity index (χ2n) is 7.62. The average molecular weight is 412 g/mol. The van der Waals surface area contributed by atoms with E-state index < -0.39 is 0 Å². The van der Waals surface area contributed by atoms with Crippen LogP contribution < -0.4 is 21.1 Å². The summed E-state index contributed by atoms with van der Waals surface area (Å²) in [6, 6.07) is 2.28. The van der Waals surface area contributed by atoms with Gasteiger partial charge in [0, 0.05) is 57.6 Å². The second-order valence-corrected chi connectivity index (χ2v) is 7.62. The first kappa shape index (κ1) is 21.5. The van der Waals surface area contributed by atoms with E-state index in [2.05, 4.69) is 39.4 Å². The number of likely N-dealkylation sites (N-methyl/N-ethyl adjacent to an activating group) is 1. The molecule has 2 aromatic rings. The Labute approximate surface area is 176 Å². The molecule has 2 aromatic heterocycles. The molecule has 160 valence electrons. The lowest BCUT2D eigenvalue weighted by Gasteiger charge is -2.44. The molecule has 0 saturated carbocycles. The summed E-state index contributed by atoms with van der Waals surface area (Å²) >= 11 is 0. The Morgan fingerprint density at radius 3 is 2.87 bits per heavy atom. The van der Waals surface area contributed by atoms with Gasteiger partial charge >= 0.3 is 0 Å². The molecule has 1 aliphatic rings. The number of aromatic nitrogens is 3. The molecular weight excluding hydrogens is 382 g/mol. The third-order valence-corrected chi connectivity index (χ3v) is 5.08. The highest BCUT2D eigenvalue weighted by Gasteiger charge is 2.33. The van der Waals surface area contributed by atoms with Gasteiger partial charge in [0.25, 0.3) is 5.56 Å². The molecule has 1 amide bonds. The number of rotatable bonds is 8. The highest BCUT2D eigenvalue weighted by molar-refractivity contribution is 5.88. The number of carbonyl (C=O) groups is 1. The summed E-state index contributed by atoms with van der Waals surface area (Å²) in [5.74, 6) is 0.644. The lowest BCUT2D eigenvalue weighted by Crippen LogP contribution is -2.60. The fourth-order valence-electron chi connectivity index (χ4n) is 3.15. The molecule has 3 N–H and O–H groups in total. The molecule has 9 heteroatoms. The summed E-state index contributed by atoms with van der Waals surface area (Å²) in [7, 11) is 3.65. The number of nitrogens with zero attached hydrogens (tertiary/aromatic N) is 4. The highest BCUT2D eigenvalue weighted by Crippen LogP contribution is 2.23. The van der Waals surface area contributed by atoms with Gasteiger partial charge in [-0.25, -0.2) is 4.98 Å². The maximum atomic E-state index is 12.4. The number of hydrogen-bond donors (Lipinski definition) is 3. The fourth-order valence-corrected chi connectivity index (χ4v) is 3.15. The van der Waals surface area contributed by atoms with Crippen molar-refractivity contribution in [3.63, 3.8) is 0 Å². The number of aromatic amines is 1. The van der Waals surface area contributed by atoms with Crippen LogP contribution in [0.5, 0.6) is 0 Å². The third kappa shape index (κ3) is 5.04. The van der Waals surface area contributed by atoms with Crippen LogP contribution in [0.2, 0.25) is 0 Å². The molecule has 0 spiro atoms. The Balaban J connectivity index is 1.64. The Hall–Kier alpha value is -3.20. The SMILES string of the molecule is CNc1cncc(-c2c[nH]c(=O)c(N(C)C3CN(C(=O)/C=C/CNC(C)C)C3)c2)n1. The van der Waals surface area contributed by atoms with E-state index in [1.807, 2.05) is 24.1 Å². The predicted molar refractivity (Wildman–Crippen MR) is 119 cm³/mol. The van der Waals surface area contributed by atoms with Gasteiger partial charge in [-0.05, 0) is 6.07 Å². The largest absolute Gasteiger partial charge is 0.372 e. The Morgan fingerprint density at radius 2 is 2.17 bits per heavy atom. The van der Waals surface area contributed by atoms with Gasteiger partial charge in [-0.15, -0.1) is 0 Å². The Kier molecular flexibility index (Phi) is 6.83. The number of H-pyrrole nitrogens is 1. The molecule has 0 bridgehead atoms. The Bertz CT molecular complexity index is 964. The smallest absolute Gasteiger partial charge is 0.271 e. The van der Waals surface area contributed by atoms with Gasteiger partial charge in [0.2, 0.25) is 5.91 Å². The minimum Gasteiger partial charge on any atom is -0.372 e. The lowest BCUT2D eigenvalue weighted by atomic mass is 10.1. The van der Waals surface area contributed by atoms with Crippen molar-refractivity contribution in [3.8, 4) is 11.3 Å². The van der Waals surface area contributed by atoms with E-state index in [4.69, 9.17) is 0 Å². The van der Waals surface area contributed by atoms with Crippen molar-refractivity contribution in [2.75, 3.05) is 43.9 Å². The fraction of sp³-hybridized carbons (Fsp3) is 0.429. The molecule has 0 radical (unpaired) electrons. The number of amides is 1. The standard InChI is InChI=1S/C21H29N7O2/c1-14(2)24-7-5-6-20(29)28-12-16(13-28)27(4)18-8-15(9-25-21(18)30)17-10-23-11-19(22-3)26-17/h5-6,8-11,14,16,24H,7,12-13H2,1-4H3,(H,22,26)(H,25,30)/b6-5+. The topological polar surface area (TPSA) is 106 Å². The van der Waals surface area contributed by atoms with Crippen molar-refractivity contribution >= 4 is 17.4 Å². The molecule has 1 fully saturated rings. The van der Waals surface area contributed by atoms with Crippen molar-refractivity contribution in [1.82, 2.24) is 25.2 Å². The predicted octanol–water partition coefficient (Wildman–Crippen LogP) is 1.07. The molecule has 3 rings (SSSR count). The van der Waals surface area contributed by atoms with Gasteiger partial charge < -0.3 is 25.4 Å². The van der Waals surface area contributed by atoms with E-state index in [9.17, 15) is 9.59 Å². The van der Waals surface area contributed by atoms with Crippen LogP contribution >= 0.6 is 0 Å². The average Bonchev–Trinajstić information content (AvgIpc) is 2.70. The molecule has 0 atom stereocenters. The van der Waals surface area contributed by atoms with Crippen molar-refractivity contribution in [3.05, 3.63) is 47.2 Å². The van der Waals surface area contributed by atoms with Gasteiger partial charge in [-0.3, -0.25) is 14.6 Å². The zero-order valence-corrected chi connectivity index (χ0v) is 17.8. The summed E-state index contributed by atoms with van der Waals surface area (Å²) in [5.41, 5.74) is 1.80. The van der Waals surface area contributed by atoms with Gasteiger partial charge in [0.15, 0.2) is 0 Å². The third-order valence-electron chi connectivity index (χ3n) is 5.08. The number of carbonyl (C=O) groups excluding carboxylic acids is 1. The summed E-state index contributed by atoms with van der Waals surface area (Å²) in [4.78, 5) is 39.8. The summed E-state index contributed by atoms with van der Waals surface area (Å²) in [6.45, 7) is 5.95. The van der Waals surface area contributed by atoms with Crippen LogP contribution in [0.3, 0.4) is 0 Å². The molecule has 30 heavy (non-hydrogen) atoms. The van der Waals surface area contributed by atoms with Crippen LogP contribution in [0.25, 0.3) is 11.3 Å². The van der Waals surface area contributed by atoms with Crippen LogP contribution in [0.4, 0.5) is 11.5 Å². The lowest BCUT2D eigenvalue weighted by molar-refractivity contribution is -0.130. The Morgan fingerprint density at radius 1 is 1.40 bits per heavy atom. The number of nitrogens with one attached hydrogen (secondary N) is 3. The van der Waals surface area contributed by atoms with Gasteiger partial charge in [-0.1, -0.05) is 19.9 Å². The van der Waals surface area contributed by atoms with Crippen LogP contribution in [0, 0.1) is 0 Å². The first-order chi connectivity index (χ1) is 14.4. The molecule has 0 aromatic carbocycles. The molecule has 0 aliphatic carbocycles. The summed E-state index contributed by atoms with van der Waals surface area (Å²) in [6.07, 6.45) is 8.37. The van der Waals surface area contributed by atoms with E-state index >= 15 is 0 Å². The van der Waals surface area contributed by atoms with E-state index in [-0.39, 0.29) is 17.5 Å². The maximum absolute atomic E-state index is 12.4. The molecule has 1 aliphatic heterocycles. The van der Waals surface area contributed by atoms with Crippen LogP contribution in [0.1, 0.15) is 13.8 Å². The normalized spacial score (nSPS) is 14.2. The molecule has 3 heterocycles. The number of likely N-dealkylation sites (tertiary alicyclic amines) is 1. The van der Waals surface area contributed by atoms with E-state index in [1.54, 1.807) is 36.6 Å². The van der Waals surface area contributed by atoms with Crippen LogP contribution in [-0.4, -0.2) is 71.6 Å². The van der Waals surface area contributed by atoms with Gasteiger partial charge in [0.05, 0.1) is 24.1 Å². The molecule has 9 nitrogen and oxygen atoms in total. The molecule has 1 saturated heterocycles. The minimum atomic E-state index is -0.177. The maximum Gasteiger partial charge on any atom is 0.271 e. The van der Waals surface area contributed by atoms with Crippen LogP contribution in [0.15, 0.2) is 41.6 Å². The zero-order valence-electron chi connectivity index (χ0n) is 17.8. The van der Waals surface area contributed by atoms with Crippen molar-refractivity contribution in [2.24, 2.45) is 0 Å². The molecular formula is C21H29N7O2. The monoisotopic (exact) mass is 411 g/mol. The molecule has 0 unspecified atom stereocenters. The quantitative estimate of drug-likeness (QED) is 0.558.